The fourth-order valence-corrected chi connectivity index (χ4v) is 2.64. The molecule has 20 heavy (non-hydrogen) atoms. The summed E-state index contributed by atoms with van der Waals surface area (Å²) < 4.78 is 1.90. The Bertz CT molecular complexity index is 665. The van der Waals surface area contributed by atoms with Gasteiger partial charge >= 0.3 is 0 Å². The van der Waals surface area contributed by atoms with Gasteiger partial charge in [0, 0.05) is 30.7 Å². The van der Waals surface area contributed by atoms with Crippen LogP contribution in [0.5, 0.6) is 0 Å². The second kappa shape index (κ2) is 5.26. The highest BCUT2D eigenvalue weighted by Crippen LogP contribution is 2.28. The van der Waals surface area contributed by atoms with Crippen molar-refractivity contribution in [2.24, 2.45) is 0 Å². The first-order chi connectivity index (χ1) is 9.70. The lowest BCUT2D eigenvalue weighted by Crippen LogP contribution is -2.30. The van der Waals surface area contributed by atoms with Gasteiger partial charge in [-0.25, -0.2) is 0 Å². The van der Waals surface area contributed by atoms with Gasteiger partial charge in [-0.05, 0) is 12.1 Å². The normalized spacial score (nSPS) is 13.9. The average molecular weight is 291 g/mol. The monoisotopic (exact) mass is 290 g/mol. The van der Waals surface area contributed by atoms with E-state index in [0.29, 0.717) is 22.8 Å². The zero-order valence-electron chi connectivity index (χ0n) is 11.1. The molecule has 3 rings (SSSR count). The number of aromatic nitrogens is 2. The molecule has 0 saturated carbocycles. The molecule has 0 unspecified atom stereocenters. The Morgan fingerprint density at radius 3 is 3.10 bits per heavy atom. The Morgan fingerprint density at radius 2 is 2.35 bits per heavy atom. The Kier molecular flexibility index (Phi) is 3.46. The molecule has 5 nitrogen and oxygen atoms in total. The minimum atomic E-state index is -0.120. The highest BCUT2D eigenvalue weighted by Gasteiger charge is 2.25. The van der Waals surface area contributed by atoms with E-state index < -0.39 is 0 Å². The topological polar surface area (TPSA) is 59.0 Å². The Balaban J connectivity index is 2.19. The molecule has 1 aromatic heterocycles. The van der Waals surface area contributed by atoms with Crippen LogP contribution in [0.2, 0.25) is 5.02 Å². The predicted molar refractivity (Wildman–Crippen MR) is 77.8 cm³/mol. The van der Waals surface area contributed by atoms with Gasteiger partial charge in [0.2, 0.25) is 0 Å². The van der Waals surface area contributed by atoms with Gasteiger partial charge in [0.1, 0.15) is 5.69 Å². The molecular formula is C14H15ClN4O. The molecule has 2 aromatic rings. The third-order valence-electron chi connectivity index (χ3n) is 3.40. The molecule has 1 aromatic carbocycles. The van der Waals surface area contributed by atoms with Crippen LogP contribution < -0.4 is 10.6 Å². The molecule has 0 atom stereocenters. The summed E-state index contributed by atoms with van der Waals surface area (Å²) in [6, 6.07) is 7.42. The number of nitrogens with zero attached hydrogens (tertiary/aromatic N) is 2. The average Bonchev–Trinajstić information content (AvgIpc) is 2.86. The number of carbonyl (C=O) groups excluding carboxylic acids is 1. The van der Waals surface area contributed by atoms with Gasteiger partial charge < -0.3 is 10.6 Å². The summed E-state index contributed by atoms with van der Waals surface area (Å²) in [5.41, 5.74) is 3.09. The van der Waals surface area contributed by atoms with Crippen LogP contribution in [0.3, 0.4) is 0 Å². The van der Waals surface area contributed by atoms with Crippen molar-refractivity contribution in [2.75, 3.05) is 13.6 Å². The van der Waals surface area contributed by atoms with Crippen molar-refractivity contribution in [2.45, 2.75) is 13.1 Å². The van der Waals surface area contributed by atoms with E-state index in [-0.39, 0.29) is 5.91 Å². The molecule has 1 amide bonds. The molecule has 0 spiro atoms. The molecule has 1 aliphatic heterocycles. The molecule has 0 aliphatic carbocycles. The van der Waals surface area contributed by atoms with Crippen LogP contribution in [0.4, 0.5) is 0 Å². The van der Waals surface area contributed by atoms with Gasteiger partial charge in [-0.3, -0.25) is 9.48 Å². The molecule has 2 heterocycles. The van der Waals surface area contributed by atoms with Crippen LogP contribution in [-0.4, -0.2) is 29.3 Å². The first-order valence-electron chi connectivity index (χ1n) is 6.49. The second-order valence-electron chi connectivity index (χ2n) is 4.66. The fourth-order valence-electron chi connectivity index (χ4n) is 2.45. The zero-order valence-corrected chi connectivity index (χ0v) is 11.9. The Morgan fingerprint density at radius 1 is 1.50 bits per heavy atom. The number of halogens is 1. The summed E-state index contributed by atoms with van der Waals surface area (Å²) in [6.45, 7) is 2.27. The molecule has 6 heteroatoms. The number of rotatable bonds is 2. The molecule has 0 fully saturated rings. The predicted octanol–water partition coefficient (Wildman–Crippen LogP) is 1.67. The van der Waals surface area contributed by atoms with Gasteiger partial charge in [0.05, 0.1) is 17.8 Å². The summed E-state index contributed by atoms with van der Waals surface area (Å²) in [7, 11) is 1.63. The minimum absolute atomic E-state index is 0.120. The standard InChI is InChI=1S/C14H15ClN4O/c1-16-14(20)12-11-8-17-5-6-19(11)18-13(12)9-3-2-4-10(15)7-9/h2-4,7,17H,5-6,8H2,1H3,(H,16,20). The highest BCUT2D eigenvalue weighted by atomic mass is 35.5. The van der Waals surface area contributed by atoms with Crippen molar-refractivity contribution in [1.29, 1.82) is 0 Å². The van der Waals surface area contributed by atoms with E-state index in [9.17, 15) is 4.79 Å². The van der Waals surface area contributed by atoms with Crippen LogP contribution in [0.15, 0.2) is 24.3 Å². The van der Waals surface area contributed by atoms with Crippen LogP contribution in [0, 0.1) is 0 Å². The maximum atomic E-state index is 12.2. The molecule has 2 N–H and O–H groups in total. The first kappa shape index (κ1) is 13.1. The van der Waals surface area contributed by atoms with E-state index >= 15 is 0 Å². The van der Waals surface area contributed by atoms with Crippen molar-refractivity contribution in [3.8, 4) is 11.3 Å². The second-order valence-corrected chi connectivity index (χ2v) is 5.10. The highest BCUT2D eigenvalue weighted by molar-refractivity contribution is 6.30. The van der Waals surface area contributed by atoms with Crippen molar-refractivity contribution in [3.05, 3.63) is 40.5 Å². The fraction of sp³-hybridized carbons (Fsp3) is 0.286. The number of benzene rings is 1. The minimum Gasteiger partial charge on any atom is -0.355 e. The lowest BCUT2D eigenvalue weighted by atomic mass is 10.0. The summed E-state index contributed by atoms with van der Waals surface area (Å²) in [4.78, 5) is 12.2. The molecule has 104 valence electrons. The van der Waals surface area contributed by atoms with Gasteiger partial charge in [-0.2, -0.15) is 5.10 Å². The first-order valence-corrected chi connectivity index (χ1v) is 6.87. The zero-order chi connectivity index (χ0) is 14.1. The molecule has 0 saturated heterocycles. The van der Waals surface area contributed by atoms with E-state index in [2.05, 4.69) is 15.7 Å². The summed E-state index contributed by atoms with van der Waals surface area (Å²) in [5.74, 6) is -0.120. The largest absolute Gasteiger partial charge is 0.355 e. The van der Waals surface area contributed by atoms with Crippen LogP contribution in [0.1, 0.15) is 16.1 Å². The third kappa shape index (κ3) is 2.19. The van der Waals surface area contributed by atoms with Crippen molar-refractivity contribution in [3.63, 3.8) is 0 Å². The summed E-state index contributed by atoms with van der Waals surface area (Å²) in [6.07, 6.45) is 0. The van der Waals surface area contributed by atoms with E-state index in [1.54, 1.807) is 7.05 Å². The van der Waals surface area contributed by atoms with Gasteiger partial charge in [0.25, 0.3) is 5.91 Å². The van der Waals surface area contributed by atoms with Crippen LogP contribution in [0.25, 0.3) is 11.3 Å². The Labute approximate surface area is 121 Å². The number of nitrogens with one attached hydrogen (secondary N) is 2. The number of carbonyl (C=O) groups is 1. The lowest BCUT2D eigenvalue weighted by Gasteiger charge is -2.15. The number of amides is 1. The molecule has 0 bridgehead atoms. The van der Waals surface area contributed by atoms with E-state index in [1.807, 2.05) is 28.9 Å². The smallest absolute Gasteiger partial charge is 0.255 e. The quantitative estimate of drug-likeness (QED) is 0.884. The summed E-state index contributed by atoms with van der Waals surface area (Å²) >= 11 is 6.04. The van der Waals surface area contributed by atoms with Gasteiger partial charge in [-0.1, -0.05) is 23.7 Å². The maximum absolute atomic E-state index is 12.2. The van der Waals surface area contributed by atoms with Gasteiger partial charge in [0.15, 0.2) is 0 Å². The van der Waals surface area contributed by atoms with Crippen LogP contribution >= 0.6 is 11.6 Å². The maximum Gasteiger partial charge on any atom is 0.255 e. The van der Waals surface area contributed by atoms with E-state index in [1.165, 1.54) is 0 Å². The Hall–Kier alpha value is -1.85. The number of hydrogen-bond acceptors (Lipinski definition) is 3. The lowest BCUT2D eigenvalue weighted by molar-refractivity contribution is 0.0962. The van der Waals surface area contributed by atoms with Gasteiger partial charge in [-0.15, -0.1) is 0 Å². The molecule has 1 aliphatic rings. The number of fused-ring (bicyclic) bond motifs is 1. The van der Waals surface area contributed by atoms with E-state index in [0.717, 1.165) is 24.3 Å². The van der Waals surface area contributed by atoms with Crippen molar-refractivity contribution < 1.29 is 4.79 Å². The molecule has 0 radical (unpaired) electrons. The summed E-state index contributed by atoms with van der Waals surface area (Å²) in [5, 5.41) is 11.2. The van der Waals surface area contributed by atoms with Crippen LogP contribution in [-0.2, 0) is 13.1 Å². The third-order valence-corrected chi connectivity index (χ3v) is 3.64. The SMILES string of the molecule is CNC(=O)c1c(-c2cccc(Cl)c2)nn2c1CNCC2. The number of hydrogen-bond donors (Lipinski definition) is 2. The van der Waals surface area contributed by atoms with E-state index in [4.69, 9.17) is 11.6 Å². The van der Waals surface area contributed by atoms with Crippen molar-refractivity contribution in [1.82, 2.24) is 20.4 Å². The van der Waals surface area contributed by atoms with Crippen molar-refractivity contribution >= 4 is 17.5 Å². The molecular weight excluding hydrogens is 276 g/mol.